The Hall–Kier alpha value is -3.96. The van der Waals surface area contributed by atoms with E-state index < -0.39 is 23.7 Å². The third kappa shape index (κ3) is 5.07. The maximum atomic E-state index is 13.1. The lowest BCUT2D eigenvalue weighted by Crippen LogP contribution is -2.44. The van der Waals surface area contributed by atoms with E-state index in [9.17, 15) is 22.8 Å². The molecule has 12 heteroatoms. The van der Waals surface area contributed by atoms with Gasteiger partial charge in [0, 0.05) is 18.3 Å². The van der Waals surface area contributed by atoms with E-state index in [2.05, 4.69) is 15.0 Å². The molecule has 2 saturated carbocycles. The molecule has 3 aromatic rings. The van der Waals surface area contributed by atoms with Crippen molar-refractivity contribution in [1.29, 1.82) is 0 Å². The average Bonchev–Trinajstić information content (AvgIpc) is 3.20. The van der Waals surface area contributed by atoms with Crippen molar-refractivity contribution in [2.45, 2.75) is 69.4 Å². The van der Waals surface area contributed by atoms with Crippen molar-refractivity contribution in [2.24, 2.45) is 0 Å². The minimum absolute atomic E-state index is 0.0559. The molecule has 1 aliphatic heterocycles. The summed E-state index contributed by atoms with van der Waals surface area (Å²) in [5.41, 5.74) is -0.307. The van der Waals surface area contributed by atoms with Gasteiger partial charge in [0.1, 0.15) is 24.7 Å². The van der Waals surface area contributed by atoms with E-state index in [0.29, 0.717) is 37.8 Å². The van der Waals surface area contributed by atoms with Crippen molar-refractivity contribution in [1.82, 2.24) is 19.9 Å². The lowest BCUT2D eigenvalue weighted by atomic mass is 9.92. The van der Waals surface area contributed by atoms with Gasteiger partial charge in [-0.15, -0.1) is 0 Å². The summed E-state index contributed by atoms with van der Waals surface area (Å²) >= 11 is 0. The number of hydrogen-bond acceptors (Lipinski definition) is 7. The number of benzene rings is 1. The van der Waals surface area contributed by atoms with Crippen LogP contribution >= 0.6 is 0 Å². The number of amides is 3. The SMILES string of the molecule is O=C1CN(c2cncc(C(F)(F)F)c2)C(=O)N1C1CCC(Oc2ncnc3cc(OC4CCC4)ccc23)CC1. The van der Waals surface area contributed by atoms with E-state index in [1.54, 1.807) is 0 Å². The number of imide groups is 1. The van der Waals surface area contributed by atoms with E-state index >= 15 is 0 Å². The Kier molecular flexibility index (Phi) is 6.48. The molecule has 1 aromatic carbocycles. The van der Waals surface area contributed by atoms with Crippen LogP contribution in [0.4, 0.5) is 23.7 Å². The first kappa shape index (κ1) is 25.3. The van der Waals surface area contributed by atoms with Crippen molar-refractivity contribution >= 4 is 28.5 Å². The average molecular weight is 542 g/mol. The predicted octanol–water partition coefficient (Wildman–Crippen LogP) is 5.13. The van der Waals surface area contributed by atoms with Crippen LogP contribution in [0, 0.1) is 0 Å². The van der Waals surface area contributed by atoms with Gasteiger partial charge < -0.3 is 9.47 Å². The van der Waals surface area contributed by atoms with Gasteiger partial charge in [-0.1, -0.05) is 0 Å². The summed E-state index contributed by atoms with van der Waals surface area (Å²) in [6, 6.07) is 5.51. The molecule has 0 atom stereocenters. The molecule has 3 heterocycles. The Labute approximate surface area is 221 Å². The zero-order chi connectivity index (χ0) is 27.1. The minimum Gasteiger partial charge on any atom is -0.490 e. The number of hydrogen-bond donors (Lipinski definition) is 0. The predicted molar refractivity (Wildman–Crippen MR) is 133 cm³/mol. The Morgan fingerprint density at radius 1 is 0.897 bits per heavy atom. The number of alkyl halides is 3. The number of urea groups is 1. The summed E-state index contributed by atoms with van der Waals surface area (Å²) in [7, 11) is 0. The van der Waals surface area contributed by atoms with Crippen LogP contribution in [0.3, 0.4) is 0 Å². The fourth-order valence-electron chi connectivity index (χ4n) is 5.25. The highest BCUT2D eigenvalue weighted by atomic mass is 19.4. The zero-order valence-electron chi connectivity index (χ0n) is 20.9. The van der Waals surface area contributed by atoms with E-state index in [-0.39, 0.29) is 30.5 Å². The van der Waals surface area contributed by atoms with Gasteiger partial charge in [0.25, 0.3) is 5.91 Å². The molecule has 1 saturated heterocycles. The van der Waals surface area contributed by atoms with Crippen LogP contribution in [0.15, 0.2) is 43.0 Å². The van der Waals surface area contributed by atoms with E-state index in [1.807, 2.05) is 18.2 Å². The molecule has 2 aliphatic carbocycles. The maximum absolute atomic E-state index is 13.1. The maximum Gasteiger partial charge on any atom is 0.417 e. The molecule has 0 radical (unpaired) electrons. The van der Waals surface area contributed by atoms with Crippen LogP contribution in [0.2, 0.25) is 0 Å². The molecule has 2 aromatic heterocycles. The number of aromatic nitrogens is 3. The topological polar surface area (TPSA) is 97.8 Å². The molecule has 0 unspecified atom stereocenters. The van der Waals surface area contributed by atoms with E-state index in [0.717, 1.165) is 46.7 Å². The van der Waals surface area contributed by atoms with Crippen molar-refractivity contribution in [3.8, 4) is 11.6 Å². The van der Waals surface area contributed by atoms with Crippen molar-refractivity contribution < 1.29 is 32.2 Å². The molecule has 9 nitrogen and oxygen atoms in total. The Morgan fingerprint density at radius 3 is 2.38 bits per heavy atom. The zero-order valence-corrected chi connectivity index (χ0v) is 20.9. The van der Waals surface area contributed by atoms with Crippen molar-refractivity contribution in [3.63, 3.8) is 0 Å². The lowest BCUT2D eigenvalue weighted by Gasteiger charge is -2.33. The highest BCUT2D eigenvalue weighted by molar-refractivity contribution is 6.12. The first-order valence-corrected chi connectivity index (χ1v) is 13.0. The van der Waals surface area contributed by atoms with Gasteiger partial charge >= 0.3 is 12.2 Å². The summed E-state index contributed by atoms with van der Waals surface area (Å²) in [5, 5.41) is 0.774. The number of anilines is 1. The number of nitrogens with zero attached hydrogens (tertiary/aromatic N) is 5. The molecule has 3 fully saturated rings. The van der Waals surface area contributed by atoms with Gasteiger partial charge in [0.05, 0.1) is 34.5 Å². The number of halogens is 3. The van der Waals surface area contributed by atoms with Crippen LogP contribution in [0.5, 0.6) is 11.6 Å². The number of pyridine rings is 1. The number of carbonyl (C=O) groups excluding carboxylic acids is 2. The largest absolute Gasteiger partial charge is 0.490 e. The molecule has 0 N–H and O–H groups in total. The monoisotopic (exact) mass is 541 g/mol. The van der Waals surface area contributed by atoms with Gasteiger partial charge in [-0.3, -0.25) is 19.6 Å². The summed E-state index contributed by atoms with van der Waals surface area (Å²) in [6.07, 6.45) is 4.30. The number of rotatable bonds is 6. The third-order valence-electron chi connectivity index (χ3n) is 7.58. The Balaban J connectivity index is 1.09. The van der Waals surface area contributed by atoms with Crippen LogP contribution in [0.25, 0.3) is 10.9 Å². The van der Waals surface area contributed by atoms with Gasteiger partial charge in [0.15, 0.2) is 0 Å². The molecule has 6 rings (SSSR count). The highest BCUT2D eigenvalue weighted by Crippen LogP contribution is 2.35. The van der Waals surface area contributed by atoms with Gasteiger partial charge in [-0.2, -0.15) is 13.2 Å². The van der Waals surface area contributed by atoms with E-state index in [1.165, 1.54) is 17.6 Å². The quantitative estimate of drug-likeness (QED) is 0.399. The number of fused-ring (bicyclic) bond motifs is 1. The third-order valence-corrected chi connectivity index (χ3v) is 7.58. The summed E-state index contributed by atoms with van der Waals surface area (Å²) in [5.74, 6) is 0.797. The second kappa shape index (κ2) is 9.97. The standard InChI is InChI=1S/C27H26F3N5O4/c28-27(29,30)16-10-18(13-31-12-16)34-14-24(36)35(26(34)37)17-4-6-20(7-5-17)39-25-22-9-8-21(38-19-2-1-3-19)11-23(22)32-15-33-25/h8-13,15,17,19-20H,1-7,14H2. The fraction of sp³-hybridized carbons (Fsp3) is 0.444. The normalized spacial score (nSPS) is 22.3. The van der Waals surface area contributed by atoms with Crippen LogP contribution in [-0.4, -0.2) is 56.6 Å². The van der Waals surface area contributed by atoms with Gasteiger partial charge in [-0.25, -0.2) is 14.8 Å². The molecule has 204 valence electrons. The summed E-state index contributed by atoms with van der Waals surface area (Å²) < 4.78 is 51.5. The van der Waals surface area contributed by atoms with Crippen LogP contribution in [-0.2, 0) is 11.0 Å². The minimum atomic E-state index is -4.60. The lowest BCUT2D eigenvalue weighted by molar-refractivity contribution is -0.137. The molecule has 3 aliphatic rings. The van der Waals surface area contributed by atoms with Crippen molar-refractivity contribution in [3.05, 3.63) is 48.5 Å². The molecular formula is C27H26F3N5O4. The van der Waals surface area contributed by atoms with Gasteiger partial charge in [-0.05, 0) is 63.1 Å². The van der Waals surface area contributed by atoms with Crippen LogP contribution in [0.1, 0.15) is 50.5 Å². The molecule has 0 spiro atoms. The number of carbonyl (C=O) groups is 2. The highest BCUT2D eigenvalue weighted by Gasteiger charge is 2.43. The summed E-state index contributed by atoms with van der Waals surface area (Å²) in [6.45, 7) is -0.322. The second-order valence-corrected chi connectivity index (χ2v) is 10.1. The second-order valence-electron chi connectivity index (χ2n) is 10.1. The first-order valence-electron chi connectivity index (χ1n) is 13.0. The molecular weight excluding hydrogens is 515 g/mol. The molecule has 0 bridgehead atoms. The van der Waals surface area contributed by atoms with E-state index in [4.69, 9.17) is 9.47 Å². The Morgan fingerprint density at radius 2 is 1.67 bits per heavy atom. The summed E-state index contributed by atoms with van der Waals surface area (Å²) in [4.78, 5) is 40.3. The van der Waals surface area contributed by atoms with Crippen molar-refractivity contribution in [2.75, 3.05) is 11.4 Å². The smallest absolute Gasteiger partial charge is 0.417 e. The fourth-order valence-corrected chi connectivity index (χ4v) is 5.25. The van der Waals surface area contributed by atoms with Gasteiger partial charge in [0.2, 0.25) is 5.88 Å². The Bertz CT molecular complexity index is 1410. The molecule has 3 amide bonds. The molecule has 39 heavy (non-hydrogen) atoms. The van der Waals surface area contributed by atoms with Crippen LogP contribution < -0.4 is 14.4 Å². The first-order chi connectivity index (χ1) is 18.8. The number of ether oxygens (including phenoxy) is 2.